The highest BCUT2D eigenvalue weighted by atomic mass is 19.4. The Hall–Kier alpha value is -4.53. The molecule has 0 N–H and O–H groups in total. The van der Waals surface area contributed by atoms with Crippen LogP contribution in [0.1, 0.15) is 22.5 Å². The van der Waals surface area contributed by atoms with E-state index >= 15 is 0 Å². The fraction of sp³-hybridized carbons (Fsp3) is 0.143. The SMILES string of the molecule is Cc1ccc(Cn2c(C)nc3c(c2=O)c2nc4ccccc4nc2n3-c2cccc(C(F)(F)F)c2)cc1. The minimum Gasteiger partial charge on any atom is -0.292 e. The molecule has 3 aromatic heterocycles. The number of hydrogen-bond donors (Lipinski definition) is 0. The predicted octanol–water partition coefficient (Wildman–Crippen LogP) is 5.97. The predicted molar refractivity (Wildman–Crippen MR) is 136 cm³/mol. The van der Waals surface area contributed by atoms with Gasteiger partial charge in [-0.05, 0) is 49.7 Å². The van der Waals surface area contributed by atoms with Crippen molar-refractivity contribution in [1.29, 1.82) is 0 Å². The van der Waals surface area contributed by atoms with Gasteiger partial charge in [0.15, 0.2) is 11.3 Å². The molecule has 6 aromatic rings. The van der Waals surface area contributed by atoms with Crippen LogP contribution in [0.5, 0.6) is 0 Å². The quantitative estimate of drug-likeness (QED) is 0.301. The highest BCUT2D eigenvalue weighted by molar-refractivity contribution is 6.05. The lowest BCUT2D eigenvalue weighted by atomic mass is 10.1. The van der Waals surface area contributed by atoms with E-state index in [9.17, 15) is 18.0 Å². The molecular formula is C28H20F3N5O. The summed E-state index contributed by atoms with van der Waals surface area (Å²) in [6.45, 7) is 3.99. The van der Waals surface area contributed by atoms with Crippen LogP contribution < -0.4 is 5.56 Å². The molecule has 0 saturated carbocycles. The summed E-state index contributed by atoms with van der Waals surface area (Å²) in [4.78, 5) is 28.0. The number of benzene rings is 3. The molecule has 0 aliphatic heterocycles. The molecule has 0 bridgehead atoms. The lowest BCUT2D eigenvalue weighted by Crippen LogP contribution is -2.24. The normalized spacial score (nSPS) is 12.1. The van der Waals surface area contributed by atoms with Gasteiger partial charge < -0.3 is 0 Å². The number of rotatable bonds is 3. The molecular weight excluding hydrogens is 479 g/mol. The molecule has 0 radical (unpaired) electrons. The maximum atomic E-state index is 13.9. The van der Waals surface area contributed by atoms with E-state index in [1.807, 2.05) is 37.3 Å². The number of nitrogens with zero attached hydrogens (tertiary/aromatic N) is 5. The molecule has 0 unspecified atom stereocenters. The summed E-state index contributed by atoms with van der Waals surface area (Å²) in [5.41, 5.74) is 3.00. The van der Waals surface area contributed by atoms with Crippen molar-refractivity contribution < 1.29 is 13.2 Å². The molecule has 9 heteroatoms. The van der Waals surface area contributed by atoms with Crippen LogP contribution in [0.15, 0.2) is 77.6 Å². The second-order valence-corrected chi connectivity index (χ2v) is 9.00. The lowest BCUT2D eigenvalue weighted by Gasteiger charge is -2.13. The van der Waals surface area contributed by atoms with Crippen molar-refractivity contribution >= 4 is 33.2 Å². The van der Waals surface area contributed by atoms with Crippen LogP contribution in [0.25, 0.3) is 38.9 Å². The highest BCUT2D eigenvalue weighted by Crippen LogP contribution is 2.33. The summed E-state index contributed by atoms with van der Waals surface area (Å²) in [5, 5.41) is 0.211. The van der Waals surface area contributed by atoms with Gasteiger partial charge in [0.2, 0.25) is 0 Å². The van der Waals surface area contributed by atoms with Gasteiger partial charge >= 0.3 is 6.18 Å². The van der Waals surface area contributed by atoms with E-state index < -0.39 is 11.7 Å². The minimum atomic E-state index is -4.53. The van der Waals surface area contributed by atoms with Gasteiger partial charge in [-0.15, -0.1) is 0 Å². The molecule has 3 aromatic carbocycles. The van der Waals surface area contributed by atoms with Crippen LogP contribution in [0.2, 0.25) is 0 Å². The first-order chi connectivity index (χ1) is 17.7. The Balaban J connectivity index is 1.70. The zero-order valence-corrected chi connectivity index (χ0v) is 19.9. The number of fused-ring (bicyclic) bond motifs is 4. The van der Waals surface area contributed by atoms with Crippen molar-refractivity contribution in [3.8, 4) is 5.69 Å². The summed E-state index contributed by atoms with van der Waals surface area (Å²) in [7, 11) is 0. The fourth-order valence-corrected chi connectivity index (χ4v) is 4.56. The van der Waals surface area contributed by atoms with Crippen molar-refractivity contribution in [3.05, 3.63) is 106 Å². The first-order valence-corrected chi connectivity index (χ1v) is 11.6. The van der Waals surface area contributed by atoms with Crippen LogP contribution in [-0.4, -0.2) is 24.1 Å². The Kier molecular flexibility index (Phi) is 5.11. The number of aryl methyl sites for hydroxylation is 2. The standard InChI is InChI=1S/C28H20F3N5O/c1-16-10-12-18(13-11-16)15-35-17(2)32-25-23(27(35)37)24-26(34-22-9-4-3-8-21(22)33-24)36(25)20-7-5-6-19(14-20)28(29,30)31/h3-14H,15H2,1-2H3. The Morgan fingerprint density at radius 3 is 2.22 bits per heavy atom. The van der Waals surface area contributed by atoms with Gasteiger partial charge in [0.05, 0.1) is 23.1 Å². The summed E-state index contributed by atoms with van der Waals surface area (Å²) in [6, 6.07) is 19.9. The molecule has 0 spiro atoms. The molecule has 6 nitrogen and oxygen atoms in total. The molecule has 37 heavy (non-hydrogen) atoms. The van der Waals surface area contributed by atoms with Crippen LogP contribution >= 0.6 is 0 Å². The Morgan fingerprint density at radius 2 is 1.51 bits per heavy atom. The second kappa shape index (κ2) is 8.26. The zero-order valence-electron chi connectivity index (χ0n) is 19.9. The summed E-state index contributed by atoms with van der Waals surface area (Å²) in [5.74, 6) is 0.429. The first kappa shape index (κ1) is 22.9. The Morgan fingerprint density at radius 1 is 0.811 bits per heavy atom. The van der Waals surface area contributed by atoms with Crippen molar-refractivity contribution in [2.45, 2.75) is 26.6 Å². The van der Waals surface area contributed by atoms with Gasteiger partial charge in [0, 0.05) is 5.69 Å². The number of para-hydroxylation sites is 2. The molecule has 0 aliphatic rings. The van der Waals surface area contributed by atoms with E-state index in [0.29, 0.717) is 28.9 Å². The van der Waals surface area contributed by atoms with Crippen molar-refractivity contribution in [1.82, 2.24) is 24.1 Å². The summed E-state index contributed by atoms with van der Waals surface area (Å²) < 4.78 is 43.7. The largest absolute Gasteiger partial charge is 0.416 e. The maximum Gasteiger partial charge on any atom is 0.416 e. The van der Waals surface area contributed by atoms with Crippen molar-refractivity contribution in [3.63, 3.8) is 0 Å². The van der Waals surface area contributed by atoms with Gasteiger partial charge in [0.25, 0.3) is 5.56 Å². The average Bonchev–Trinajstić information content (AvgIpc) is 3.18. The third-order valence-electron chi connectivity index (χ3n) is 6.45. The molecule has 0 amide bonds. The fourth-order valence-electron chi connectivity index (χ4n) is 4.56. The van der Waals surface area contributed by atoms with E-state index in [1.165, 1.54) is 10.6 Å². The maximum absolute atomic E-state index is 13.9. The van der Waals surface area contributed by atoms with E-state index in [1.54, 1.807) is 35.8 Å². The molecule has 6 rings (SSSR count). The van der Waals surface area contributed by atoms with Gasteiger partial charge in [0.1, 0.15) is 16.7 Å². The van der Waals surface area contributed by atoms with E-state index in [4.69, 9.17) is 15.0 Å². The zero-order chi connectivity index (χ0) is 25.9. The van der Waals surface area contributed by atoms with Crippen molar-refractivity contribution in [2.75, 3.05) is 0 Å². The van der Waals surface area contributed by atoms with E-state index in [0.717, 1.165) is 23.3 Å². The van der Waals surface area contributed by atoms with Gasteiger partial charge in [-0.3, -0.25) is 13.9 Å². The number of halogens is 3. The van der Waals surface area contributed by atoms with Crippen LogP contribution in [0.3, 0.4) is 0 Å². The van der Waals surface area contributed by atoms with Gasteiger partial charge in [-0.25, -0.2) is 15.0 Å². The van der Waals surface area contributed by atoms with Crippen LogP contribution in [0, 0.1) is 13.8 Å². The molecule has 0 fully saturated rings. The molecule has 0 aliphatic carbocycles. The lowest BCUT2D eigenvalue weighted by molar-refractivity contribution is -0.137. The third-order valence-corrected chi connectivity index (χ3v) is 6.45. The summed E-state index contributed by atoms with van der Waals surface area (Å²) in [6.07, 6.45) is -4.53. The molecule has 0 atom stereocenters. The number of hydrogen-bond acceptors (Lipinski definition) is 4. The molecule has 3 heterocycles. The number of aromatic nitrogens is 5. The number of alkyl halides is 3. The minimum absolute atomic E-state index is 0.196. The monoisotopic (exact) mass is 499 g/mol. The first-order valence-electron chi connectivity index (χ1n) is 11.6. The third kappa shape index (κ3) is 3.83. The Bertz CT molecular complexity index is 1890. The van der Waals surface area contributed by atoms with Crippen LogP contribution in [-0.2, 0) is 12.7 Å². The topological polar surface area (TPSA) is 65.6 Å². The average molecular weight is 499 g/mol. The van der Waals surface area contributed by atoms with E-state index in [2.05, 4.69) is 0 Å². The summed E-state index contributed by atoms with van der Waals surface area (Å²) >= 11 is 0. The van der Waals surface area contributed by atoms with E-state index in [-0.39, 0.29) is 27.9 Å². The van der Waals surface area contributed by atoms with Crippen LogP contribution in [0.4, 0.5) is 13.2 Å². The molecule has 0 saturated heterocycles. The van der Waals surface area contributed by atoms with Crippen molar-refractivity contribution in [2.24, 2.45) is 0 Å². The van der Waals surface area contributed by atoms with Gasteiger partial charge in [-0.2, -0.15) is 13.2 Å². The second-order valence-electron chi connectivity index (χ2n) is 9.00. The highest BCUT2D eigenvalue weighted by Gasteiger charge is 2.31. The van der Waals surface area contributed by atoms with Gasteiger partial charge in [-0.1, -0.05) is 48.0 Å². The molecule has 184 valence electrons. The smallest absolute Gasteiger partial charge is 0.292 e. The Labute approximate surface area is 208 Å².